The average Bonchev–Trinajstić information content (AvgIpc) is 3.38. The molecule has 3 aromatic rings. The van der Waals surface area contributed by atoms with Crippen LogP contribution >= 0.6 is 11.3 Å². The molecule has 1 amide bonds. The molecule has 4 heterocycles. The van der Waals surface area contributed by atoms with Crippen LogP contribution in [-0.4, -0.2) is 49.9 Å². The normalized spacial score (nSPS) is 23.9. The standard InChI is InChI=1S/C28H33N2O2S/c1-21-8-6-11-24(27(21)26-12-7-19-33-26)29(2)28(31)32-25-20-30(17-14-23(25)15-18-30)16-13-22-9-4-3-5-10-22/h3-12,19,23,25H,13-18,20H2,1-2H3/q+1/t23?,25-,30?/m0/s1. The van der Waals surface area contributed by atoms with Crippen molar-refractivity contribution >= 4 is 23.1 Å². The van der Waals surface area contributed by atoms with Gasteiger partial charge in [0, 0.05) is 42.7 Å². The highest BCUT2D eigenvalue weighted by Crippen LogP contribution is 2.38. The summed E-state index contributed by atoms with van der Waals surface area (Å²) in [6.45, 7) is 6.60. The first-order chi connectivity index (χ1) is 16.0. The number of thiophene rings is 1. The van der Waals surface area contributed by atoms with E-state index in [1.54, 1.807) is 16.2 Å². The SMILES string of the molecule is Cc1cccc(N(C)C(=O)O[C@H]2C[N+]3(CCc4ccccc4)CCC2CC3)c1-c1cccs1. The number of nitrogens with zero attached hydrogens (tertiary/aromatic N) is 2. The lowest BCUT2D eigenvalue weighted by molar-refractivity contribution is -0.945. The summed E-state index contributed by atoms with van der Waals surface area (Å²) < 4.78 is 7.29. The van der Waals surface area contributed by atoms with Crippen LogP contribution in [0.4, 0.5) is 10.5 Å². The number of piperidine rings is 3. The van der Waals surface area contributed by atoms with Crippen molar-refractivity contribution in [2.24, 2.45) is 5.92 Å². The molecular weight excluding hydrogens is 428 g/mol. The molecule has 2 bridgehead atoms. The third kappa shape index (κ3) is 4.57. The van der Waals surface area contributed by atoms with E-state index in [-0.39, 0.29) is 12.2 Å². The smallest absolute Gasteiger partial charge is 0.414 e. The lowest BCUT2D eigenvalue weighted by atomic mass is 9.83. The summed E-state index contributed by atoms with van der Waals surface area (Å²) >= 11 is 1.70. The number of amides is 1. The van der Waals surface area contributed by atoms with Gasteiger partial charge in [-0.3, -0.25) is 4.90 Å². The second kappa shape index (κ2) is 9.32. The highest BCUT2D eigenvalue weighted by Gasteiger charge is 2.47. The van der Waals surface area contributed by atoms with Crippen LogP contribution in [0.5, 0.6) is 0 Å². The number of carbonyl (C=O) groups excluding carboxylic acids is 1. The molecule has 3 saturated heterocycles. The zero-order chi connectivity index (χ0) is 22.8. The van der Waals surface area contributed by atoms with E-state index >= 15 is 0 Å². The number of benzene rings is 2. The van der Waals surface area contributed by atoms with Crippen LogP contribution in [0.3, 0.4) is 0 Å². The molecule has 0 N–H and O–H groups in total. The minimum atomic E-state index is -0.238. The van der Waals surface area contributed by atoms with Crippen molar-refractivity contribution < 1.29 is 14.0 Å². The Morgan fingerprint density at radius 3 is 2.58 bits per heavy atom. The van der Waals surface area contributed by atoms with Gasteiger partial charge in [0.2, 0.25) is 0 Å². The number of quaternary nitrogens is 1. The van der Waals surface area contributed by atoms with Gasteiger partial charge in [0.05, 0.1) is 25.3 Å². The minimum Gasteiger partial charge on any atom is -0.440 e. The van der Waals surface area contributed by atoms with Crippen molar-refractivity contribution in [2.75, 3.05) is 38.1 Å². The molecule has 172 valence electrons. The summed E-state index contributed by atoms with van der Waals surface area (Å²) in [5.41, 5.74) is 4.60. The molecule has 6 rings (SSSR count). The highest BCUT2D eigenvalue weighted by molar-refractivity contribution is 7.13. The predicted molar refractivity (Wildman–Crippen MR) is 136 cm³/mol. The Bertz CT molecular complexity index is 1090. The zero-order valence-corrected chi connectivity index (χ0v) is 20.4. The Morgan fingerprint density at radius 1 is 1.06 bits per heavy atom. The van der Waals surface area contributed by atoms with Gasteiger partial charge in [0.25, 0.3) is 0 Å². The third-order valence-corrected chi connectivity index (χ3v) is 8.55. The molecule has 1 aromatic heterocycles. The number of aryl methyl sites for hydroxylation is 1. The monoisotopic (exact) mass is 461 g/mol. The van der Waals surface area contributed by atoms with E-state index in [2.05, 4.69) is 60.8 Å². The first kappa shape index (κ1) is 22.2. The maximum absolute atomic E-state index is 13.3. The molecule has 5 heteroatoms. The fourth-order valence-electron chi connectivity index (χ4n) is 5.66. The Hall–Kier alpha value is -2.63. The van der Waals surface area contributed by atoms with Gasteiger partial charge in [-0.15, -0.1) is 11.3 Å². The third-order valence-electron chi connectivity index (χ3n) is 7.66. The minimum absolute atomic E-state index is 0.00761. The maximum atomic E-state index is 13.3. The molecule has 3 aliphatic rings. The van der Waals surface area contributed by atoms with Crippen molar-refractivity contribution in [3.63, 3.8) is 0 Å². The molecule has 33 heavy (non-hydrogen) atoms. The van der Waals surface area contributed by atoms with E-state index in [1.165, 1.54) is 29.1 Å². The van der Waals surface area contributed by atoms with E-state index in [4.69, 9.17) is 4.74 Å². The van der Waals surface area contributed by atoms with Crippen molar-refractivity contribution in [3.05, 3.63) is 77.2 Å². The Labute approximate surface area is 201 Å². The van der Waals surface area contributed by atoms with Crippen molar-refractivity contribution in [3.8, 4) is 10.4 Å². The van der Waals surface area contributed by atoms with Crippen molar-refractivity contribution in [2.45, 2.75) is 32.3 Å². The zero-order valence-electron chi connectivity index (χ0n) is 19.6. The van der Waals surface area contributed by atoms with Gasteiger partial charge in [-0.05, 0) is 35.6 Å². The summed E-state index contributed by atoms with van der Waals surface area (Å²) in [6, 6.07) is 21.1. The molecule has 3 fully saturated rings. The van der Waals surface area contributed by atoms with E-state index < -0.39 is 0 Å². The lowest BCUT2D eigenvalue weighted by Crippen LogP contribution is -2.65. The predicted octanol–water partition coefficient (Wildman–Crippen LogP) is 6.15. The summed E-state index contributed by atoms with van der Waals surface area (Å²) in [6.07, 6.45) is 3.16. The summed E-state index contributed by atoms with van der Waals surface area (Å²) in [7, 11) is 1.84. The molecule has 0 spiro atoms. The van der Waals surface area contributed by atoms with Gasteiger partial charge in [0.15, 0.2) is 6.10 Å². The highest BCUT2D eigenvalue weighted by atomic mass is 32.1. The summed E-state index contributed by atoms with van der Waals surface area (Å²) in [5, 5.41) is 2.08. The number of ether oxygens (including phenoxy) is 1. The fourth-order valence-corrected chi connectivity index (χ4v) is 6.50. The second-order valence-corrected chi connectivity index (χ2v) is 10.6. The molecule has 0 saturated carbocycles. The molecule has 3 aliphatic heterocycles. The maximum Gasteiger partial charge on any atom is 0.414 e. The van der Waals surface area contributed by atoms with Gasteiger partial charge >= 0.3 is 6.09 Å². The Kier molecular flexibility index (Phi) is 6.26. The number of anilines is 1. The topological polar surface area (TPSA) is 29.5 Å². The average molecular weight is 462 g/mol. The molecule has 0 unspecified atom stereocenters. The van der Waals surface area contributed by atoms with Crippen LogP contribution in [-0.2, 0) is 11.2 Å². The van der Waals surface area contributed by atoms with Crippen molar-refractivity contribution in [1.29, 1.82) is 0 Å². The van der Waals surface area contributed by atoms with Gasteiger partial charge in [-0.1, -0.05) is 48.5 Å². The molecule has 4 nitrogen and oxygen atoms in total. The first-order valence-electron chi connectivity index (χ1n) is 12.0. The van der Waals surface area contributed by atoms with E-state index in [0.29, 0.717) is 5.92 Å². The van der Waals surface area contributed by atoms with Crippen LogP contribution in [0, 0.1) is 12.8 Å². The van der Waals surface area contributed by atoms with Crippen LogP contribution in [0.2, 0.25) is 0 Å². The first-order valence-corrected chi connectivity index (χ1v) is 12.9. The molecule has 2 aromatic carbocycles. The number of rotatable bonds is 6. The van der Waals surface area contributed by atoms with Crippen LogP contribution in [0.15, 0.2) is 66.0 Å². The molecule has 0 radical (unpaired) electrons. The van der Waals surface area contributed by atoms with Crippen LogP contribution in [0.25, 0.3) is 10.4 Å². The van der Waals surface area contributed by atoms with Crippen LogP contribution in [0.1, 0.15) is 24.0 Å². The summed E-state index contributed by atoms with van der Waals surface area (Å²) in [4.78, 5) is 16.2. The Balaban J connectivity index is 1.29. The molecule has 1 atom stereocenters. The fraction of sp³-hybridized carbons (Fsp3) is 0.393. The van der Waals surface area contributed by atoms with E-state index in [0.717, 1.165) is 48.1 Å². The quantitative estimate of drug-likeness (QED) is 0.412. The van der Waals surface area contributed by atoms with E-state index in [1.807, 2.05) is 19.2 Å². The number of hydrogen-bond donors (Lipinski definition) is 0. The number of fused-ring (bicyclic) bond motifs is 3. The number of carbonyl (C=O) groups is 1. The molecular formula is C28H33N2O2S+. The molecule has 0 aliphatic carbocycles. The largest absolute Gasteiger partial charge is 0.440 e. The van der Waals surface area contributed by atoms with Gasteiger partial charge in [0.1, 0.15) is 6.54 Å². The van der Waals surface area contributed by atoms with E-state index in [9.17, 15) is 4.79 Å². The van der Waals surface area contributed by atoms with Gasteiger partial charge in [-0.25, -0.2) is 4.79 Å². The number of hydrogen-bond acceptors (Lipinski definition) is 3. The van der Waals surface area contributed by atoms with Gasteiger partial charge < -0.3 is 9.22 Å². The van der Waals surface area contributed by atoms with Crippen molar-refractivity contribution in [1.82, 2.24) is 0 Å². The van der Waals surface area contributed by atoms with Gasteiger partial charge in [-0.2, -0.15) is 0 Å². The lowest BCUT2D eigenvalue weighted by Gasteiger charge is -2.52. The second-order valence-electron chi connectivity index (χ2n) is 9.70. The Morgan fingerprint density at radius 2 is 1.85 bits per heavy atom. The summed E-state index contributed by atoms with van der Waals surface area (Å²) in [5.74, 6) is 0.494. The van der Waals surface area contributed by atoms with Crippen LogP contribution < -0.4 is 4.90 Å².